The molecule has 0 aliphatic rings. The number of carbonyl (C=O) groups excluding carboxylic acids is 1. The minimum atomic E-state index is -0.0730. The molecule has 1 aromatic carbocycles. The predicted molar refractivity (Wildman–Crippen MR) is 75.8 cm³/mol. The first kappa shape index (κ1) is 14.5. The van der Waals surface area contributed by atoms with Crippen LogP contribution in [-0.4, -0.2) is 17.8 Å². The first-order valence-corrected chi connectivity index (χ1v) is 6.95. The molecule has 0 fully saturated rings. The predicted octanol–water partition coefficient (Wildman–Crippen LogP) is 3.89. The van der Waals surface area contributed by atoms with E-state index in [4.69, 9.17) is 11.6 Å². The van der Waals surface area contributed by atoms with Crippen LogP contribution in [0.3, 0.4) is 0 Å². The lowest BCUT2D eigenvalue weighted by Crippen LogP contribution is -2.29. The molecule has 1 atom stereocenters. The molecule has 1 amide bonds. The fourth-order valence-electron chi connectivity index (χ4n) is 1.59. The Bertz CT molecular complexity index is 375. The van der Waals surface area contributed by atoms with E-state index in [0.717, 1.165) is 22.9 Å². The number of carbonyl (C=O) groups is 1. The second-order valence-corrected chi connectivity index (χ2v) is 5.65. The molecule has 4 heteroatoms. The third-order valence-corrected chi connectivity index (χ3v) is 3.22. The van der Waals surface area contributed by atoms with Crippen molar-refractivity contribution in [2.45, 2.75) is 32.1 Å². The van der Waals surface area contributed by atoms with Gasteiger partial charge in [-0.2, -0.15) is 0 Å². The van der Waals surface area contributed by atoms with Crippen LogP contribution in [0.5, 0.6) is 0 Å². The third-order valence-electron chi connectivity index (χ3n) is 2.39. The van der Waals surface area contributed by atoms with E-state index in [-0.39, 0.29) is 11.3 Å². The lowest BCUT2D eigenvalue weighted by atomic mass is 10.1. The number of halogens is 2. The number of aryl methyl sites for hydroxylation is 1. The quantitative estimate of drug-likeness (QED) is 0.820. The summed E-state index contributed by atoms with van der Waals surface area (Å²) in [6.07, 6.45) is 1.94. The molecular formula is C13H17BrClNO. The molecule has 0 saturated carbocycles. The van der Waals surface area contributed by atoms with Crippen molar-refractivity contribution in [2.75, 3.05) is 6.54 Å². The van der Waals surface area contributed by atoms with E-state index in [0.29, 0.717) is 12.1 Å². The van der Waals surface area contributed by atoms with Gasteiger partial charge in [-0.1, -0.05) is 29.3 Å². The normalized spacial score (nSPS) is 12.2. The van der Waals surface area contributed by atoms with Crippen LogP contribution in [0.2, 0.25) is 0 Å². The summed E-state index contributed by atoms with van der Waals surface area (Å²) in [4.78, 5) is 11.9. The van der Waals surface area contributed by atoms with E-state index in [1.165, 1.54) is 0 Å². The molecule has 17 heavy (non-hydrogen) atoms. The summed E-state index contributed by atoms with van der Waals surface area (Å²) in [5.74, 6) is -0.0730. The number of rotatable bonds is 5. The fraction of sp³-hybridized carbons (Fsp3) is 0.462. The van der Waals surface area contributed by atoms with E-state index < -0.39 is 0 Å². The Labute approximate surface area is 116 Å². The van der Waals surface area contributed by atoms with Crippen molar-refractivity contribution in [1.29, 1.82) is 0 Å². The number of amides is 1. The van der Waals surface area contributed by atoms with Crippen LogP contribution in [0.15, 0.2) is 22.7 Å². The van der Waals surface area contributed by atoms with Gasteiger partial charge >= 0.3 is 0 Å². The molecule has 1 rings (SSSR count). The van der Waals surface area contributed by atoms with Crippen LogP contribution in [0.25, 0.3) is 0 Å². The third kappa shape index (κ3) is 5.09. The van der Waals surface area contributed by atoms with Crippen LogP contribution in [0.4, 0.5) is 0 Å². The average Bonchev–Trinajstić information content (AvgIpc) is 2.25. The molecule has 1 aromatic rings. The molecule has 0 bridgehead atoms. The van der Waals surface area contributed by atoms with Gasteiger partial charge in [-0.25, -0.2) is 0 Å². The van der Waals surface area contributed by atoms with Crippen molar-refractivity contribution < 1.29 is 4.79 Å². The number of hydrogen-bond donors (Lipinski definition) is 1. The van der Waals surface area contributed by atoms with Gasteiger partial charge in [-0.15, -0.1) is 11.6 Å². The molecule has 1 N–H and O–H groups in total. The molecule has 0 aliphatic carbocycles. The van der Waals surface area contributed by atoms with Gasteiger partial charge in [0.25, 0.3) is 5.91 Å². The van der Waals surface area contributed by atoms with Crippen molar-refractivity contribution in [3.8, 4) is 0 Å². The van der Waals surface area contributed by atoms with Gasteiger partial charge in [0.15, 0.2) is 0 Å². The largest absolute Gasteiger partial charge is 0.351 e. The van der Waals surface area contributed by atoms with Crippen molar-refractivity contribution in [3.63, 3.8) is 0 Å². The highest BCUT2D eigenvalue weighted by molar-refractivity contribution is 9.10. The highest BCUT2D eigenvalue weighted by Crippen LogP contribution is 2.15. The Morgan fingerprint density at radius 2 is 2.18 bits per heavy atom. The first-order valence-electron chi connectivity index (χ1n) is 5.72. The zero-order valence-corrected chi connectivity index (χ0v) is 12.4. The highest BCUT2D eigenvalue weighted by atomic mass is 79.9. The number of nitrogens with one attached hydrogen (secondary N) is 1. The Balaban J connectivity index is 2.58. The number of hydrogen-bond acceptors (Lipinski definition) is 1. The van der Waals surface area contributed by atoms with Crippen molar-refractivity contribution >= 4 is 33.4 Å². The summed E-state index contributed by atoms with van der Waals surface area (Å²) in [7, 11) is 0. The maximum absolute atomic E-state index is 11.9. The Morgan fingerprint density at radius 1 is 1.47 bits per heavy atom. The fourth-order valence-corrected chi connectivity index (χ4v) is 2.49. The smallest absolute Gasteiger partial charge is 0.251 e. The zero-order valence-electron chi connectivity index (χ0n) is 10.1. The first-order chi connectivity index (χ1) is 8.02. The van der Waals surface area contributed by atoms with E-state index in [2.05, 4.69) is 28.2 Å². The summed E-state index contributed by atoms with van der Waals surface area (Å²) in [6.45, 7) is 4.55. The van der Waals surface area contributed by atoms with Crippen LogP contribution in [0.1, 0.15) is 35.7 Å². The Kier molecular flexibility index (Phi) is 6.00. The summed E-state index contributed by atoms with van der Waals surface area (Å²) in [5.41, 5.74) is 1.72. The van der Waals surface area contributed by atoms with Gasteiger partial charge in [0.1, 0.15) is 0 Å². The van der Waals surface area contributed by atoms with Crippen molar-refractivity contribution in [2.24, 2.45) is 0 Å². The minimum absolute atomic E-state index is 0.0113. The molecule has 0 saturated heterocycles. The summed E-state index contributed by atoms with van der Waals surface area (Å²) in [5, 5.41) is 2.86. The van der Waals surface area contributed by atoms with Crippen LogP contribution in [-0.2, 0) is 0 Å². The second-order valence-electron chi connectivity index (χ2n) is 4.11. The van der Waals surface area contributed by atoms with Gasteiger partial charge in [-0.3, -0.25) is 4.79 Å². The molecular weight excluding hydrogens is 302 g/mol. The summed E-state index contributed by atoms with van der Waals surface area (Å²) in [6, 6.07) is 5.65. The van der Waals surface area contributed by atoms with Gasteiger partial charge in [0.05, 0.1) is 5.38 Å². The molecule has 1 unspecified atom stereocenters. The Morgan fingerprint density at radius 3 is 2.76 bits per heavy atom. The van der Waals surface area contributed by atoms with E-state index >= 15 is 0 Å². The van der Waals surface area contributed by atoms with Crippen LogP contribution in [0, 0.1) is 6.92 Å². The van der Waals surface area contributed by atoms with Crippen molar-refractivity contribution in [1.82, 2.24) is 5.32 Å². The lowest BCUT2D eigenvalue weighted by Gasteiger charge is -2.10. The summed E-state index contributed by atoms with van der Waals surface area (Å²) < 4.78 is 0.915. The topological polar surface area (TPSA) is 29.1 Å². The van der Waals surface area contributed by atoms with Crippen LogP contribution >= 0.6 is 27.5 Å². The summed E-state index contributed by atoms with van der Waals surface area (Å²) >= 11 is 9.43. The van der Waals surface area contributed by atoms with Gasteiger partial charge in [0, 0.05) is 16.6 Å². The Hall–Kier alpha value is -0.540. The van der Waals surface area contributed by atoms with Crippen molar-refractivity contribution in [3.05, 3.63) is 33.8 Å². The zero-order chi connectivity index (χ0) is 12.8. The molecule has 0 spiro atoms. The maximum Gasteiger partial charge on any atom is 0.251 e. The SMILES string of the molecule is CCCC(Cl)CNC(=O)c1cc(C)cc(Br)c1. The molecule has 0 aromatic heterocycles. The maximum atomic E-state index is 11.9. The standard InChI is InChI=1S/C13H17BrClNO/c1-3-4-12(15)8-16-13(17)10-5-9(2)6-11(14)7-10/h5-7,12H,3-4,8H2,1-2H3,(H,16,17). The lowest BCUT2D eigenvalue weighted by molar-refractivity contribution is 0.0953. The molecule has 0 radical (unpaired) electrons. The van der Waals surface area contributed by atoms with E-state index in [1.807, 2.05) is 25.1 Å². The van der Waals surface area contributed by atoms with Gasteiger partial charge in [0.2, 0.25) is 0 Å². The molecule has 0 aliphatic heterocycles. The van der Waals surface area contributed by atoms with E-state index in [1.54, 1.807) is 0 Å². The molecule has 2 nitrogen and oxygen atoms in total. The van der Waals surface area contributed by atoms with Gasteiger partial charge < -0.3 is 5.32 Å². The number of benzene rings is 1. The van der Waals surface area contributed by atoms with E-state index in [9.17, 15) is 4.79 Å². The second kappa shape index (κ2) is 7.02. The molecule has 0 heterocycles. The molecule has 94 valence electrons. The minimum Gasteiger partial charge on any atom is -0.351 e. The average molecular weight is 319 g/mol. The highest BCUT2D eigenvalue weighted by Gasteiger charge is 2.09. The van der Waals surface area contributed by atoms with Crippen LogP contribution < -0.4 is 5.32 Å². The monoisotopic (exact) mass is 317 g/mol. The number of alkyl halides is 1. The van der Waals surface area contributed by atoms with Gasteiger partial charge in [-0.05, 0) is 37.1 Å².